The van der Waals surface area contributed by atoms with Crippen LogP contribution >= 0.6 is 0 Å². The topological polar surface area (TPSA) is 78.8 Å². The van der Waals surface area contributed by atoms with Crippen molar-refractivity contribution < 1.29 is 27.8 Å². The van der Waals surface area contributed by atoms with Crippen LogP contribution in [-0.4, -0.2) is 58.7 Å². The van der Waals surface area contributed by atoms with Crippen molar-refractivity contribution in [2.24, 2.45) is 5.41 Å². The molecule has 1 unspecified atom stereocenters. The molecule has 2 saturated heterocycles. The molecule has 1 aromatic heterocycles. The molecule has 1 N–H and O–H groups in total. The molecule has 3 aliphatic rings. The van der Waals surface area contributed by atoms with E-state index in [0.29, 0.717) is 31.0 Å². The van der Waals surface area contributed by atoms with Crippen molar-refractivity contribution in [3.8, 4) is 0 Å². The summed E-state index contributed by atoms with van der Waals surface area (Å²) in [5.74, 6) is 0.00858. The number of β-amino-alcohol motifs (C(OH)–C–C–N with tert-alkyl or cyclic N) is 1. The molecule has 182 valence electrons. The molecule has 0 saturated carbocycles. The van der Waals surface area contributed by atoms with Crippen molar-refractivity contribution in [2.45, 2.75) is 45.1 Å². The number of aliphatic hydroxyl groups is 1. The van der Waals surface area contributed by atoms with Gasteiger partial charge in [-0.15, -0.1) is 0 Å². The van der Waals surface area contributed by atoms with Gasteiger partial charge in [0, 0.05) is 31.3 Å². The molecule has 5 rings (SSSR count). The number of benzene rings is 1. The molecule has 1 aromatic carbocycles. The summed E-state index contributed by atoms with van der Waals surface area (Å²) < 4.78 is 44.2. The molecular formula is C24H27F3N4O3. The van der Waals surface area contributed by atoms with Crippen molar-refractivity contribution in [3.05, 3.63) is 52.5 Å². The number of cyclic esters (lactones) is 1. The van der Waals surface area contributed by atoms with E-state index in [2.05, 4.69) is 14.9 Å². The van der Waals surface area contributed by atoms with E-state index >= 15 is 0 Å². The number of ether oxygens (including phenoxy) is 1. The van der Waals surface area contributed by atoms with Crippen molar-refractivity contribution in [1.82, 2.24) is 14.9 Å². The minimum atomic E-state index is -4.49. The Labute approximate surface area is 195 Å². The molecule has 7 nitrogen and oxygen atoms in total. The standard InChI is InChI=1S/C24H27F3N4O3/c1-15-16(2-3-17-18(15)12-34-22(17)33)19(32)11-30-7-4-23(5-8-30)6-9-31(13-23)21-10-20(24(25,26)27)28-14-29-21/h2-3,10,14,19,32H,4-9,11-13H2,1H3. The van der Waals surface area contributed by atoms with Gasteiger partial charge in [0.05, 0.1) is 11.7 Å². The number of alkyl halides is 3. The van der Waals surface area contributed by atoms with Crippen LogP contribution < -0.4 is 4.90 Å². The number of halogens is 3. The number of anilines is 1. The molecule has 3 aliphatic heterocycles. The van der Waals surface area contributed by atoms with E-state index in [0.717, 1.165) is 61.4 Å². The lowest BCUT2D eigenvalue weighted by Gasteiger charge is -2.40. The first-order valence-electron chi connectivity index (χ1n) is 11.5. The third-order valence-electron chi connectivity index (χ3n) is 7.62. The Bertz CT molecular complexity index is 1100. The fraction of sp³-hybridized carbons (Fsp3) is 0.542. The maximum absolute atomic E-state index is 13.0. The first kappa shape index (κ1) is 23.0. The van der Waals surface area contributed by atoms with Gasteiger partial charge in [-0.3, -0.25) is 0 Å². The highest BCUT2D eigenvalue weighted by atomic mass is 19.4. The Morgan fingerprint density at radius 3 is 2.65 bits per heavy atom. The van der Waals surface area contributed by atoms with Crippen LogP contribution in [0.4, 0.5) is 19.0 Å². The first-order valence-corrected chi connectivity index (χ1v) is 11.5. The number of esters is 1. The number of piperidine rings is 1. The zero-order valence-corrected chi connectivity index (χ0v) is 18.9. The average molecular weight is 476 g/mol. The first-order chi connectivity index (χ1) is 16.2. The van der Waals surface area contributed by atoms with E-state index in [1.54, 1.807) is 6.07 Å². The summed E-state index contributed by atoms with van der Waals surface area (Å²) in [4.78, 5) is 23.4. The Hall–Kier alpha value is -2.72. The van der Waals surface area contributed by atoms with Crippen LogP contribution in [0.25, 0.3) is 0 Å². The number of aromatic nitrogens is 2. The van der Waals surface area contributed by atoms with E-state index in [4.69, 9.17) is 4.74 Å². The molecule has 4 heterocycles. The van der Waals surface area contributed by atoms with Gasteiger partial charge in [0.2, 0.25) is 0 Å². The summed E-state index contributed by atoms with van der Waals surface area (Å²) in [6, 6.07) is 4.57. The molecule has 2 aromatic rings. The second kappa shape index (κ2) is 8.49. The molecule has 0 bridgehead atoms. The van der Waals surface area contributed by atoms with Gasteiger partial charge >= 0.3 is 12.1 Å². The fourth-order valence-electron chi connectivity index (χ4n) is 5.50. The second-order valence-electron chi connectivity index (χ2n) is 9.63. The van der Waals surface area contributed by atoms with Crippen LogP contribution in [0.2, 0.25) is 0 Å². The number of aliphatic hydroxyl groups excluding tert-OH is 1. The zero-order valence-electron chi connectivity index (χ0n) is 18.9. The van der Waals surface area contributed by atoms with Crippen LogP contribution in [-0.2, 0) is 17.5 Å². The van der Waals surface area contributed by atoms with E-state index in [1.165, 1.54) is 0 Å². The molecule has 10 heteroatoms. The normalized spacial score (nSPS) is 21.1. The third kappa shape index (κ3) is 4.24. The molecule has 1 atom stereocenters. The molecule has 2 fully saturated rings. The summed E-state index contributed by atoms with van der Waals surface area (Å²) in [5, 5.41) is 10.9. The van der Waals surface area contributed by atoms with Crippen LogP contribution in [0.3, 0.4) is 0 Å². The van der Waals surface area contributed by atoms with E-state index in [-0.39, 0.29) is 18.0 Å². The molecular weight excluding hydrogens is 449 g/mol. The van der Waals surface area contributed by atoms with Gasteiger partial charge in [-0.05, 0) is 61.9 Å². The predicted octanol–water partition coefficient (Wildman–Crippen LogP) is 3.50. The van der Waals surface area contributed by atoms with Gasteiger partial charge in [-0.25, -0.2) is 14.8 Å². The minimum absolute atomic E-state index is 0.0476. The Kier molecular flexibility index (Phi) is 5.76. The van der Waals surface area contributed by atoms with Crippen LogP contribution in [0, 0.1) is 12.3 Å². The highest BCUT2D eigenvalue weighted by molar-refractivity contribution is 5.93. The van der Waals surface area contributed by atoms with E-state index < -0.39 is 18.0 Å². The number of rotatable bonds is 4. The summed E-state index contributed by atoms with van der Waals surface area (Å²) in [6.07, 6.45) is -1.43. The molecule has 1 spiro atoms. The van der Waals surface area contributed by atoms with Crippen molar-refractivity contribution in [1.29, 1.82) is 0 Å². The van der Waals surface area contributed by atoms with Crippen molar-refractivity contribution >= 4 is 11.8 Å². The van der Waals surface area contributed by atoms with Crippen molar-refractivity contribution in [3.63, 3.8) is 0 Å². The van der Waals surface area contributed by atoms with Gasteiger partial charge in [0.1, 0.15) is 24.4 Å². The van der Waals surface area contributed by atoms with Crippen LogP contribution in [0.15, 0.2) is 24.5 Å². The van der Waals surface area contributed by atoms with Crippen LogP contribution in [0.5, 0.6) is 0 Å². The highest BCUT2D eigenvalue weighted by Gasteiger charge is 2.42. The van der Waals surface area contributed by atoms with Crippen molar-refractivity contribution in [2.75, 3.05) is 37.6 Å². The van der Waals surface area contributed by atoms with Gasteiger partial charge in [-0.2, -0.15) is 13.2 Å². The summed E-state index contributed by atoms with van der Waals surface area (Å²) in [6.45, 7) is 5.63. The number of nitrogens with zero attached hydrogens (tertiary/aromatic N) is 4. The predicted molar refractivity (Wildman–Crippen MR) is 117 cm³/mol. The number of likely N-dealkylation sites (tertiary alicyclic amines) is 1. The summed E-state index contributed by atoms with van der Waals surface area (Å²) >= 11 is 0. The van der Waals surface area contributed by atoms with E-state index in [1.807, 2.05) is 17.9 Å². The molecule has 0 amide bonds. The quantitative estimate of drug-likeness (QED) is 0.677. The Balaban J connectivity index is 1.19. The van der Waals surface area contributed by atoms with Gasteiger partial charge in [0.25, 0.3) is 0 Å². The maximum Gasteiger partial charge on any atom is 0.433 e. The number of hydrogen-bond donors (Lipinski definition) is 1. The van der Waals surface area contributed by atoms with E-state index in [9.17, 15) is 23.1 Å². The zero-order chi connectivity index (χ0) is 24.1. The number of carbonyl (C=O) groups excluding carboxylic acids is 1. The summed E-state index contributed by atoms with van der Waals surface area (Å²) in [5.41, 5.74) is 2.27. The van der Waals surface area contributed by atoms with Crippen LogP contribution in [0.1, 0.15) is 58.1 Å². The van der Waals surface area contributed by atoms with Gasteiger partial charge < -0.3 is 19.6 Å². The molecule has 0 radical (unpaired) electrons. The smallest absolute Gasteiger partial charge is 0.433 e. The monoisotopic (exact) mass is 476 g/mol. The molecule has 0 aliphatic carbocycles. The minimum Gasteiger partial charge on any atom is -0.457 e. The highest BCUT2D eigenvalue weighted by Crippen LogP contribution is 2.42. The third-order valence-corrected chi connectivity index (χ3v) is 7.62. The SMILES string of the molecule is Cc1c(C(O)CN2CCC3(CC2)CCN(c2cc(C(F)(F)F)ncn2)C3)ccc2c1COC2=O. The Morgan fingerprint density at radius 1 is 1.18 bits per heavy atom. The second-order valence-corrected chi connectivity index (χ2v) is 9.63. The lowest BCUT2D eigenvalue weighted by molar-refractivity contribution is -0.141. The van der Waals surface area contributed by atoms with Gasteiger partial charge in [0.15, 0.2) is 0 Å². The molecule has 34 heavy (non-hydrogen) atoms. The number of fused-ring (bicyclic) bond motifs is 1. The number of hydrogen-bond acceptors (Lipinski definition) is 7. The van der Waals surface area contributed by atoms with Gasteiger partial charge in [-0.1, -0.05) is 6.07 Å². The average Bonchev–Trinajstić information content (AvgIpc) is 3.40. The fourth-order valence-corrected chi connectivity index (χ4v) is 5.50. The lowest BCUT2D eigenvalue weighted by atomic mass is 9.77. The Morgan fingerprint density at radius 2 is 1.91 bits per heavy atom. The largest absolute Gasteiger partial charge is 0.457 e. The lowest BCUT2D eigenvalue weighted by Crippen LogP contribution is -2.43. The maximum atomic E-state index is 13.0. The summed E-state index contributed by atoms with van der Waals surface area (Å²) in [7, 11) is 0. The number of carbonyl (C=O) groups is 1.